The van der Waals surface area contributed by atoms with E-state index in [1.54, 1.807) is 13.8 Å². The number of furan rings is 1. The lowest BCUT2D eigenvalue weighted by atomic mass is 9.98. The zero-order chi connectivity index (χ0) is 18.5. The van der Waals surface area contributed by atoms with Gasteiger partial charge in [0.2, 0.25) is 11.0 Å². The van der Waals surface area contributed by atoms with Gasteiger partial charge in [-0.15, -0.1) is 0 Å². The van der Waals surface area contributed by atoms with Gasteiger partial charge < -0.3 is 20.6 Å². The molecule has 11 heteroatoms. The Labute approximate surface area is 138 Å². The van der Waals surface area contributed by atoms with Gasteiger partial charge in [-0.05, 0) is 32.4 Å². The second-order valence-corrected chi connectivity index (χ2v) is 7.34. The van der Waals surface area contributed by atoms with Gasteiger partial charge in [0.1, 0.15) is 0 Å². The van der Waals surface area contributed by atoms with E-state index in [2.05, 4.69) is 5.32 Å². The highest BCUT2D eigenvalue weighted by Crippen LogP contribution is 2.16. The first-order chi connectivity index (χ1) is 10.9. The van der Waals surface area contributed by atoms with E-state index in [9.17, 15) is 22.8 Å². The second kappa shape index (κ2) is 7.45. The van der Waals surface area contributed by atoms with Gasteiger partial charge in [-0.25, -0.2) is 8.42 Å². The molecular formula is C13H19N3O7S. The number of nitrogens with one attached hydrogen (secondary N) is 2. The zero-order valence-corrected chi connectivity index (χ0v) is 14.0. The van der Waals surface area contributed by atoms with Crippen LogP contribution in [0.3, 0.4) is 0 Å². The Hall–Kier alpha value is -2.40. The quantitative estimate of drug-likeness (QED) is 0.456. The van der Waals surface area contributed by atoms with Crippen molar-refractivity contribution in [3.05, 3.63) is 17.9 Å². The predicted molar refractivity (Wildman–Crippen MR) is 81.5 cm³/mol. The maximum absolute atomic E-state index is 12.1. The molecule has 5 N–H and O–H groups in total. The van der Waals surface area contributed by atoms with Crippen LogP contribution in [0.4, 0.5) is 0 Å². The molecule has 2 amide bonds. The standard InChI is InChI=1S/C13H19N3O7S/c1-13(2,6-5-10(18)19)16-12(20)8-3-4-11(23-8)24(21,22)15-7-9(14)17/h3-4,15H,5-7H2,1-2H3,(H2,14,17)(H,16,20)(H,18,19). The van der Waals surface area contributed by atoms with E-state index in [4.69, 9.17) is 15.3 Å². The Morgan fingerprint density at radius 2 is 1.92 bits per heavy atom. The zero-order valence-electron chi connectivity index (χ0n) is 13.2. The van der Waals surface area contributed by atoms with Gasteiger partial charge in [0.25, 0.3) is 15.9 Å². The molecule has 0 saturated carbocycles. The highest BCUT2D eigenvalue weighted by atomic mass is 32.2. The minimum atomic E-state index is -4.11. The van der Waals surface area contributed by atoms with E-state index in [1.165, 1.54) is 0 Å². The third-order valence-corrected chi connectivity index (χ3v) is 4.20. The molecular weight excluding hydrogens is 342 g/mol. The average molecular weight is 361 g/mol. The van der Waals surface area contributed by atoms with E-state index in [0.29, 0.717) is 0 Å². The predicted octanol–water partition coefficient (Wildman–Crippen LogP) is -0.584. The first-order valence-electron chi connectivity index (χ1n) is 6.85. The molecule has 0 aliphatic carbocycles. The first kappa shape index (κ1) is 19.6. The van der Waals surface area contributed by atoms with E-state index in [0.717, 1.165) is 12.1 Å². The lowest BCUT2D eigenvalue weighted by molar-refractivity contribution is -0.137. The summed E-state index contributed by atoms with van der Waals surface area (Å²) in [6.07, 6.45) is 0.0439. The minimum Gasteiger partial charge on any atom is -0.481 e. The van der Waals surface area contributed by atoms with E-state index in [1.807, 2.05) is 4.72 Å². The van der Waals surface area contributed by atoms with Gasteiger partial charge in [0, 0.05) is 12.0 Å². The van der Waals surface area contributed by atoms with Gasteiger partial charge in [0.05, 0.1) is 6.54 Å². The number of sulfonamides is 1. The molecule has 0 fully saturated rings. The molecule has 0 aromatic carbocycles. The first-order valence-corrected chi connectivity index (χ1v) is 8.33. The van der Waals surface area contributed by atoms with E-state index < -0.39 is 45.0 Å². The van der Waals surface area contributed by atoms with Gasteiger partial charge in [-0.2, -0.15) is 4.72 Å². The van der Waals surface area contributed by atoms with Gasteiger partial charge >= 0.3 is 5.97 Å². The maximum Gasteiger partial charge on any atom is 0.303 e. The molecule has 1 aromatic rings. The molecule has 1 rings (SSSR count). The van der Waals surface area contributed by atoms with Crippen LogP contribution in [-0.2, 0) is 19.6 Å². The van der Waals surface area contributed by atoms with Crippen LogP contribution in [0.2, 0.25) is 0 Å². The number of nitrogens with two attached hydrogens (primary N) is 1. The summed E-state index contributed by atoms with van der Waals surface area (Å²) in [6, 6.07) is 2.21. The number of carboxylic acid groups (broad SMARTS) is 1. The highest BCUT2D eigenvalue weighted by Gasteiger charge is 2.26. The fraction of sp³-hybridized carbons (Fsp3) is 0.462. The summed E-state index contributed by atoms with van der Waals surface area (Å²) in [5.74, 6) is -2.83. The Bertz CT molecular complexity index is 737. The summed E-state index contributed by atoms with van der Waals surface area (Å²) < 4.78 is 30.5. The Kier molecular flexibility index (Phi) is 6.10. The monoisotopic (exact) mass is 361 g/mol. The summed E-state index contributed by atoms with van der Waals surface area (Å²) in [5.41, 5.74) is 4.02. The van der Waals surface area contributed by atoms with Crippen molar-refractivity contribution in [3.63, 3.8) is 0 Å². The van der Waals surface area contributed by atoms with Gasteiger partial charge in [-0.3, -0.25) is 14.4 Å². The van der Waals surface area contributed by atoms with Crippen molar-refractivity contribution >= 4 is 27.8 Å². The number of hydrogen-bond acceptors (Lipinski definition) is 6. The van der Waals surface area contributed by atoms with Crippen LogP contribution in [-0.4, -0.2) is 43.4 Å². The van der Waals surface area contributed by atoms with Crippen molar-refractivity contribution in [1.29, 1.82) is 0 Å². The maximum atomic E-state index is 12.1. The third-order valence-electron chi connectivity index (χ3n) is 2.92. The smallest absolute Gasteiger partial charge is 0.303 e. The third kappa shape index (κ3) is 6.01. The summed E-state index contributed by atoms with van der Waals surface area (Å²) in [5, 5.41) is 10.7. The second-order valence-electron chi connectivity index (χ2n) is 5.64. The molecule has 134 valence electrons. The van der Waals surface area contributed by atoms with Crippen molar-refractivity contribution < 1.29 is 32.3 Å². The normalized spacial score (nSPS) is 11.9. The topological polar surface area (TPSA) is 169 Å². The number of carboxylic acids is 1. The number of rotatable bonds is 9. The molecule has 0 saturated heterocycles. The van der Waals surface area contributed by atoms with Crippen LogP contribution in [0.15, 0.2) is 21.6 Å². The number of aliphatic carboxylic acids is 1. The van der Waals surface area contributed by atoms with Crippen LogP contribution < -0.4 is 15.8 Å². The lowest BCUT2D eigenvalue weighted by Crippen LogP contribution is -2.43. The molecule has 0 bridgehead atoms. The molecule has 0 aliphatic heterocycles. The largest absolute Gasteiger partial charge is 0.481 e. The molecule has 1 aromatic heterocycles. The van der Waals surface area contributed by atoms with Crippen molar-refractivity contribution in [3.8, 4) is 0 Å². The van der Waals surface area contributed by atoms with Crippen LogP contribution in [0.25, 0.3) is 0 Å². The molecule has 0 atom stereocenters. The van der Waals surface area contributed by atoms with Crippen molar-refractivity contribution in [2.45, 2.75) is 37.3 Å². The Balaban J connectivity index is 2.79. The van der Waals surface area contributed by atoms with Crippen LogP contribution in [0.1, 0.15) is 37.2 Å². The minimum absolute atomic E-state index is 0.137. The van der Waals surface area contributed by atoms with Crippen LogP contribution >= 0.6 is 0 Å². The highest BCUT2D eigenvalue weighted by molar-refractivity contribution is 7.89. The number of hydrogen-bond donors (Lipinski definition) is 4. The van der Waals surface area contributed by atoms with Crippen LogP contribution in [0, 0.1) is 0 Å². The summed E-state index contributed by atoms with van der Waals surface area (Å²) in [4.78, 5) is 33.3. The molecule has 0 spiro atoms. The number of amides is 2. The SMILES string of the molecule is CC(C)(CCC(=O)O)NC(=O)c1ccc(S(=O)(=O)NCC(N)=O)o1. The number of carbonyl (C=O) groups excluding carboxylic acids is 2. The molecule has 10 nitrogen and oxygen atoms in total. The molecule has 1 heterocycles. The fourth-order valence-corrected chi connectivity index (χ4v) is 2.60. The lowest BCUT2D eigenvalue weighted by Gasteiger charge is -2.24. The molecule has 0 radical (unpaired) electrons. The fourth-order valence-electron chi connectivity index (χ4n) is 1.67. The van der Waals surface area contributed by atoms with Gasteiger partial charge in [0.15, 0.2) is 5.76 Å². The van der Waals surface area contributed by atoms with Crippen molar-refractivity contribution in [2.75, 3.05) is 6.54 Å². The molecule has 24 heavy (non-hydrogen) atoms. The average Bonchev–Trinajstić information content (AvgIpc) is 2.93. The Morgan fingerprint density at radius 3 is 2.46 bits per heavy atom. The number of carbonyl (C=O) groups is 3. The van der Waals surface area contributed by atoms with Crippen molar-refractivity contribution in [1.82, 2.24) is 10.0 Å². The van der Waals surface area contributed by atoms with Crippen molar-refractivity contribution in [2.24, 2.45) is 5.73 Å². The van der Waals surface area contributed by atoms with Crippen LogP contribution in [0.5, 0.6) is 0 Å². The van der Waals surface area contributed by atoms with Gasteiger partial charge in [-0.1, -0.05) is 0 Å². The summed E-state index contributed by atoms with van der Waals surface area (Å²) >= 11 is 0. The Morgan fingerprint density at radius 1 is 1.29 bits per heavy atom. The van der Waals surface area contributed by atoms with E-state index >= 15 is 0 Å². The molecule has 0 unspecified atom stereocenters. The number of primary amides is 1. The summed E-state index contributed by atoms with van der Waals surface area (Å²) in [6.45, 7) is 2.65. The summed E-state index contributed by atoms with van der Waals surface area (Å²) in [7, 11) is -4.11. The van der Waals surface area contributed by atoms with E-state index in [-0.39, 0.29) is 18.6 Å². The molecule has 0 aliphatic rings.